The zero-order valence-corrected chi connectivity index (χ0v) is 7.60. The molecule has 0 aromatic heterocycles. The smallest absolute Gasteiger partial charge is 0.368 e. The van der Waals surface area contributed by atoms with Gasteiger partial charge in [-0.05, 0) is 13.0 Å². The number of alkyl halides is 3. The highest BCUT2D eigenvalue weighted by Crippen LogP contribution is 2.20. The Bertz CT molecular complexity index is 184. The van der Waals surface area contributed by atoms with Crippen LogP contribution in [0.2, 0.25) is 0 Å². The van der Waals surface area contributed by atoms with Crippen LogP contribution in [0, 0.1) is 0 Å². The van der Waals surface area contributed by atoms with Gasteiger partial charge in [-0.1, -0.05) is 0 Å². The average molecular weight is 213 g/mol. The normalized spacial score (nSPS) is 14.0. The number of hydrogen-bond donors (Lipinski definition) is 3. The van der Waals surface area contributed by atoms with Crippen molar-refractivity contribution in [2.24, 2.45) is 11.5 Å². The van der Waals surface area contributed by atoms with Crippen LogP contribution in [-0.2, 0) is 4.79 Å². The lowest BCUT2D eigenvalue weighted by atomic mass is 10.2. The van der Waals surface area contributed by atoms with Crippen LogP contribution in [0.15, 0.2) is 0 Å². The zero-order valence-electron chi connectivity index (χ0n) is 7.60. The molecular weight excluding hydrogens is 199 g/mol. The Hall–Kier alpha value is -0.820. The van der Waals surface area contributed by atoms with Crippen molar-refractivity contribution in [2.75, 3.05) is 13.1 Å². The van der Waals surface area contributed by atoms with Gasteiger partial charge < -0.3 is 16.8 Å². The first-order valence-electron chi connectivity index (χ1n) is 4.15. The Balaban J connectivity index is 3.35. The molecule has 7 heteroatoms. The van der Waals surface area contributed by atoms with Gasteiger partial charge in [0.25, 0.3) is 0 Å². The van der Waals surface area contributed by atoms with Crippen molar-refractivity contribution in [3.8, 4) is 0 Å². The van der Waals surface area contributed by atoms with Crippen LogP contribution in [0.4, 0.5) is 13.2 Å². The Morgan fingerprint density at radius 3 is 2.43 bits per heavy atom. The lowest BCUT2D eigenvalue weighted by molar-refractivity contribution is -0.135. The van der Waals surface area contributed by atoms with Gasteiger partial charge in [0.15, 0.2) is 0 Å². The fraction of sp³-hybridized carbons (Fsp3) is 0.857. The molecule has 0 aromatic carbocycles. The third kappa shape index (κ3) is 7.81. The molecule has 0 rings (SSSR count). The number of primary amides is 1. The van der Waals surface area contributed by atoms with Crippen LogP contribution < -0.4 is 16.8 Å². The summed E-state index contributed by atoms with van der Waals surface area (Å²) in [6.07, 6.45) is -5.01. The van der Waals surface area contributed by atoms with Gasteiger partial charge in [0.2, 0.25) is 5.91 Å². The van der Waals surface area contributed by atoms with Gasteiger partial charge >= 0.3 is 6.18 Å². The Kier molecular flexibility index (Phi) is 5.47. The van der Waals surface area contributed by atoms with Crippen LogP contribution in [0.1, 0.15) is 12.8 Å². The highest BCUT2D eigenvalue weighted by molar-refractivity contribution is 5.79. The van der Waals surface area contributed by atoms with E-state index in [0.717, 1.165) is 0 Å². The van der Waals surface area contributed by atoms with Gasteiger partial charge in [-0.25, -0.2) is 0 Å². The minimum atomic E-state index is -4.13. The molecule has 0 saturated heterocycles. The maximum Gasteiger partial charge on any atom is 0.389 e. The van der Waals surface area contributed by atoms with E-state index in [1.165, 1.54) is 0 Å². The van der Waals surface area contributed by atoms with Gasteiger partial charge in [0.05, 0.1) is 6.04 Å². The van der Waals surface area contributed by atoms with Crippen molar-refractivity contribution in [3.05, 3.63) is 0 Å². The topological polar surface area (TPSA) is 81.1 Å². The summed E-state index contributed by atoms with van der Waals surface area (Å²) in [7, 11) is 0. The zero-order chi connectivity index (χ0) is 11.2. The molecule has 1 atom stereocenters. The second-order valence-corrected chi connectivity index (χ2v) is 2.93. The van der Waals surface area contributed by atoms with Crippen molar-refractivity contribution in [3.63, 3.8) is 0 Å². The van der Waals surface area contributed by atoms with Gasteiger partial charge in [0, 0.05) is 13.0 Å². The highest BCUT2D eigenvalue weighted by Gasteiger charge is 2.25. The number of carbonyl (C=O) groups excluding carboxylic acids is 1. The first kappa shape index (κ1) is 13.2. The molecule has 5 N–H and O–H groups in total. The average Bonchev–Trinajstić information content (AvgIpc) is 2.01. The summed E-state index contributed by atoms with van der Waals surface area (Å²) in [5.41, 5.74) is 10.1. The third-order valence-electron chi connectivity index (χ3n) is 1.54. The van der Waals surface area contributed by atoms with Crippen LogP contribution in [-0.4, -0.2) is 31.2 Å². The Morgan fingerprint density at radius 1 is 1.43 bits per heavy atom. The number of carbonyl (C=O) groups is 1. The van der Waals surface area contributed by atoms with E-state index in [0.29, 0.717) is 0 Å². The lowest BCUT2D eigenvalue weighted by Gasteiger charge is -2.09. The summed E-state index contributed by atoms with van der Waals surface area (Å²) in [6, 6.07) is -0.846. The fourth-order valence-electron chi connectivity index (χ4n) is 0.772. The quantitative estimate of drug-likeness (QED) is 0.531. The fourth-order valence-corrected chi connectivity index (χ4v) is 0.772. The van der Waals surface area contributed by atoms with E-state index >= 15 is 0 Å². The summed E-state index contributed by atoms with van der Waals surface area (Å²) in [4.78, 5) is 10.4. The molecular formula is C7H14F3N3O. The van der Waals surface area contributed by atoms with Crippen molar-refractivity contribution in [1.29, 1.82) is 0 Å². The van der Waals surface area contributed by atoms with E-state index in [1.807, 2.05) is 0 Å². The summed E-state index contributed by atoms with van der Waals surface area (Å²) < 4.78 is 34.9. The minimum Gasteiger partial charge on any atom is -0.368 e. The van der Waals surface area contributed by atoms with E-state index in [2.05, 4.69) is 5.32 Å². The predicted octanol–water partition coefficient (Wildman–Crippen LogP) is -0.269. The molecule has 0 bridgehead atoms. The minimum absolute atomic E-state index is 0.0328. The number of nitrogens with one attached hydrogen (secondary N) is 1. The maximum atomic E-state index is 11.6. The molecule has 1 amide bonds. The standard InChI is InChI=1S/C7H14F3N3O/c8-7(9,10)2-1-3-13-4-5(11)6(12)14/h5,13H,1-4,11H2,(H2,12,14). The van der Waals surface area contributed by atoms with E-state index in [-0.39, 0.29) is 19.5 Å². The summed E-state index contributed by atoms with van der Waals surface area (Å²) in [6.45, 7) is 0.272. The summed E-state index contributed by atoms with van der Waals surface area (Å²) >= 11 is 0. The largest absolute Gasteiger partial charge is 0.389 e. The molecule has 14 heavy (non-hydrogen) atoms. The molecule has 1 unspecified atom stereocenters. The molecule has 0 radical (unpaired) electrons. The van der Waals surface area contributed by atoms with Crippen molar-refractivity contribution < 1.29 is 18.0 Å². The first-order chi connectivity index (χ1) is 6.33. The van der Waals surface area contributed by atoms with Crippen LogP contribution in [0.25, 0.3) is 0 Å². The van der Waals surface area contributed by atoms with Crippen molar-refractivity contribution >= 4 is 5.91 Å². The van der Waals surface area contributed by atoms with Gasteiger partial charge in [-0.2, -0.15) is 13.2 Å². The Labute approximate surface area is 79.8 Å². The third-order valence-corrected chi connectivity index (χ3v) is 1.54. The number of halogens is 3. The highest BCUT2D eigenvalue weighted by atomic mass is 19.4. The number of rotatable bonds is 6. The Morgan fingerprint density at radius 2 is 2.00 bits per heavy atom. The van der Waals surface area contributed by atoms with E-state index in [9.17, 15) is 18.0 Å². The molecule has 0 fully saturated rings. The molecule has 0 aliphatic heterocycles. The molecule has 0 saturated carbocycles. The molecule has 0 spiro atoms. The second-order valence-electron chi connectivity index (χ2n) is 2.93. The van der Waals surface area contributed by atoms with Gasteiger partial charge in [-0.3, -0.25) is 4.79 Å². The monoisotopic (exact) mass is 213 g/mol. The van der Waals surface area contributed by atoms with Crippen LogP contribution >= 0.6 is 0 Å². The summed E-state index contributed by atoms with van der Waals surface area (Å²) in [5, 5.41) is 2.61. The maximum absolute atomic E-state index is 11.6. The SMILES string of the molecule is NC(=O)C(N)CNCCCC(F)(F)F. The summed E-state index contributed by atoms with van der Waals surface area (Å²) in [5.74, 6) is -0.673. The number of amides is 1. The van der Waals surface area contributed by atoms with E-state index in [1.54, 1.807) is 0 Å². The van der Waals surface area contributed by atoms with Crippen LogP contribution in [0.5, 0.6) is 0 Å². The van der Waals surface area contributed by atoms with E-state index < -0.39 is 24.5 Å². The first-order valence-corrected chi connectivity index (χ1v) is 4.15. The number of nitrogens with two attached hydrogens (primary N) is 2. The molecule has 0 aromatic rings. The van der Waals surface area contributed by atoms with Gasteiger partial charge in [-0.15, -0.1) is 0 Å². The number of hydrogen-bond acceptors (Lipinski definition) is 3. The van der Waals surface area contributed by atoms with Crippen LogP contribution in [0.3, 0.4) is 0 Å². The predicted molar refractivity (Wildman–Crippen MR) is 45.3 cm³/mol. The molecule has 4 nitrogen and oxygen atoms in total. The molecule has 0 aliphatic rings. The molecule has 84 valence electrons. The lowest BCUT2D eigenvalue weighted by Crippen LogP contribution is -2.44. The van der Waals surface area contributed by atoms with Gasteiger partial charge in [0.1, 0.15) is 0 Å². The second kappa shape index (κ2) is 5.82. The van der Waals surface area contributed by atoms with Crippen molar-refractivity contribution in [2.45, 2.75) is 25.1 Å². The van der Waals surface area contributed by atoms with E-state index in [4.69, 9.17) is 11.5 Å². The molecule has 0 heterocycles. The van der Waals surface area contributed by atoms with Crippen molar-refractivity contribution in [1.82, 2.24) is 5.32 Å². The molecule has 0 aliphatic carbocycles.